The Morgan fingerprint density at radius 3 is 2.32 bits per heavy atom. The summed E-state index contributed by atoms with van der Waals surface area (Å²) in [7, 11) is 2.90. The van der Waals surface area contributed by atoms with Gasteiger partial charge < -0.3 is 19.1 Å². The fourth-order valence-electron chi connectivity index (χ4n) is 6.50. The number of cyclic esters (lactones) is 1. The number of anilines is 1. The number of alkyl halides is 6. The van der Waals surface area contributed by atoms with Crippen LogP contribution < -0.4 is 9.64 Å². The maximum Gasteiger partial charge on any atom is 0.416 e. The van der Waals surface area contributed by atoms with Crippen LogP contribution in [0.1, 0.15) is 55.8 Å². The summed E-state index contributed by atoms with van der Waals surface area (Å²) in [6, 6.07) is 6.88. The van der Waals surface area contributed by atoms with Crippen LogP contribution in [0.4, 0.5) is 37.0 Å². The van der Waals surface area contributed by atoms with Crippen LogP contribution in [-0.4, -0.2) is 73.8 Å². The monoisotopic (exact) mass is 707 g/mol. The second-order valence-corrected chi connectivity index (χ2v) is 13.0. The molecule has 3 fully saturated rings. The molecule has 0 spiro atoms. The normalized spacial score (nSPS) is 22.9. The number of ether oxygens (including phenoxy) is 3. The molecule has 3 aliphatic rings. The Bertz CT molecular complexity index is 1720. The third-order valence-corrected chi connectivity index (χ3v) is 9.66. The molecule has 0 bridgehead atoms. The number of esters is 1. The molecule has 1 saturated carbocycles. The average Bonchev–Trinajstić information content (AvgIpc) is 3.26. The lowest BCUT2D eigenvalue weighted by Crippen LogP contribution is -2.38. The van der Waals surface area contributed by atoms with Crippen LogP contribution in [0.5, 0.6) is 5.75 Å². The molecule has 1 aromatic carbocycles. The molecule has 50 heavy (non-hydrogen) atoms. The lowest BCUT2D eigenvalue weighted by Gasteiger charge is -2.34. The number of allylic oxidation sites excluding steroid dienone is 3. The molecular weight excluding hydrogens is 668 g/mol. The molecular formula is C36H39F6N3O5. The SMILES string of the molecule is C=C(/C=C(\C=C(/C)C(F)(F)F)C(F)(F)F)[C@H]1OC(=O)N(Cc2nc(N3CCC3)cc(C)c2-c2cc([C@H]3C[C@H](C(=O)OC)C3)ccc2OC)[C@H]1C. The van der Waals surface area contributed by atoms with Gasteiger partial charge in [-0.25, -0.2) is 9.78 Å². The highest BCUT2D eigenvalue weighted by molar-refractivity contribution is 5.79. The summed E-state index contributed by atoms with van der Waals surface area (Å²) in [5, 5.41) is 0. The Hall–Kier alpha value is -4.49. The lowest BCUT2D eigenvalue weighted by molar-refractivity contribution is -0.148. The number of carbonyl (C=O) groups excluding carboxylic acids is 2. The number of hydrogen-bond donors (Lipinski definition) is 0. The number of hydrogen-bond acceptors (Lipinski definition) is 7. The summed E-state index contributed by atoms with van der Waals surface area (Å²) >= 11 is 0. The van der Waals surface area contributed by atoms with Crippen LogP contribution in [0.3, 0.4) is 0 Å². The number of methoxy groups -OCH3 is 2. The molecule has 2 atom stereocenters. The van der Waals surface area contributed by atoms with Gasteiger partial charge in [0.05, 0.1) is 44.0 Å². The molecule has 0 radical (unpaired) electrons. The third-order valence-electron chi connectivity index (χ3n) is 9.66. The Balaban J connectivity index is 1.49. The first-order valence-electron chi connectivity index (χ1n) is 16.1. The molecule has 5 rings (SSSR count). The maximum atomic E-state index is 13.8. The number of rotatable bonds is 10. The predicted molar refractivity (Wildman–Crippen MR) is 174 cm³/mol. The highest BCUT2D eigenvalue weighted by Gasteiger charge is 2.43. The van der Waals surface area contributed by atoms with Gasteiger partial charge in [0, 0.05) is 29.8 Å². The number of amides is 1. The van der Waals surface area contributed by atoms with Crippen molar-refractivity contribution in [1.82, 2.24) is 9.88 Å². The largest absolute Gasteiger partial charge is 0.496 e. The minimum Gasteiger partial charge on any atom is -0.496 e. The topological polar surface area (TPSA) is 81.2 Å². The molecule has 270 valence electrons. The van der Waals surface area contributed by atoms with Crippen molar-refractivity contribution in [2.75, 3.05) is 32.2 Å². The Labute approximate surface area is 286 Å². The van der Waals surface area contributed by atoms with Crippen molar-refractivity contribution in [2.24, 2.45) is 5.92 Å². The van der Waals surface area contributed by atoms with E-state index in [9.17, 15) is 35.9 Å². The highest BCUT2D eigenvalue weighted by atomic mass is 19.4. The quantitative estimate of drug-likeness (QED) is 0.140. The number of aromatic nitrogens is 1. The van der Waals surface area contributed by atoms with Crippen molar-refractivity contribution < 1.29 is 50.1 Å². The van der Waals surface area contributed by atoms with E-state index in [1.807, 2.05) is 31.2 Å². The summed E-state index contributed by atoms with van der Waals surface area (Å²) < 4.78 is 96.8. The van der Waals surface area contributed by atoms with Crippen LogP contribution >= 0.6 is 0 Å². The van der Waals surface area contributed by atoms with E-state index in [1.54, 1.807) is 6.92 Å². The van der Waals surface area contributed by atoms with E-state index in [1.165, 1.54) is 19.1 Å². The van der Waals surface area contributed by atoms with Gasteiger partial charge in [-0.3, -0.25) is 9.69 Å². The van der Waals surface area contributed by atoms with E-state index in [2.05, 4.69) is 11.5 Å². The van der Waals surface area contributed by atoms with Crippen LogP contribution in [0.25, 0.3) is 11.1 Å². The molecule has 1 aromatic heterocycles. The fraction of sp³-hybridized carbons (Fsp3) is 0.472. The van der Waals surface area contributed by atoms with Crippen molar-refractivity contribution in [1.29, 1.82) is 0 Å². The second kappa shape index (κ2) is 14.0. The van der Waals surface area contributed by atoms with E-state index in [-0.39, 0.29) is 36.0 Å². The molecule has 0 N–H and O–H groups in total. The molecule has 8 nitrogen and oxygen atoms in total. The van der Waals surface area contributed by atoms with E-state index in [0.717, 1.165) is 30.6 Å². The summed E-state index contributed by atoms with van der Waals surface area (Å²) in [6.45, 7) is 9.18. The number of halogens is 6. The predicted octanol–water partition coefficient (Wildman–Crippen LogP) is 8.21. The molecule has 0 unspecified atom stereocenters. The smallest absolute Gasteiger partial charge is 0.416 e. The van der Waals surface area contributed by atoms with Gasteiger partial charge in [0.25, 0.3) is 0 Å². The van der Waals surface area contributed by atoms with Gasteiger partial charge in [-0.05, 0) is 93.0 Å². The first-order valence-corrected chi connectivity index (χ1v) is 16.1. The van der Waals surface area contributed by atoms with Crippen molar-refractivity contribution >= 4 is 17.9 Å². The zero-order valence-electron chi connectivity index (χ0n) is 28.4. The number of carbonyl (C=O) groups is 2. The number of aryl methyl sites for hydroxylation is 1. The van der Waals surface area contributed by atoms with E-state index in [0.29, 0.717) is 54.2 Å². The molecule has 2 aliphatic heterocycles. The molecule has 1 amide bonds. The van der Waals surface area contributed by atoms with Gasteiger partial charge in [-0.1, -0.05) is 12.6 Å². The maximum absolute atomic E-state index is 13.8. The molecule has 2 aromatic rings. The molecule has 2 saturated heterocycles. The van der Waals surface area contributed by atoms with Gasteiger partial charge in [0.1, 0.15) is 17.7 Å². The summed E-state index contributed by atoms with van der Waals surface area (Å²) in [5.74, 6) is 0.946. The number of nitrogens with zero attached hydrogens (tertiary/aromatic N) is 3. The van der Waals surface area contributed by atoms with Gasteiger partial charge >= 0.3 is 24.4 Å². The van der Waals surface area contributed by atoms with E-state index in [4.69, 9.17) is 19.2 Å². The zero-order valence-corrected chi connectivity index (χ0v) is 28.4. The Morgan fingerprint density at radius 2 is 1.76 bits per heavy atom. The number of pyridine rings is 1. The fourth-order valence-corrected chi connectivity index (χ4v) is 6.50. The molecule has 3 heterocycles. The Morgan fingerprint density at radius 1 is 1.08 bits per heavy atom. The van der Waals surface area contributed by atoms with Crippen molar-refractivity contribution in [3.05, 3.63) is 76.5 Å². The van der Waals surface area contributed by atoms with Gasteiger partial charge in [0.2, 0.25) is 0 Å². The van der Waals surface area contributed by atoms with Gasteiger partial charge in [-0.2, -0.15) is 26.3 Å². The van der Waals surface area contributed by atoms with Gasteiger partial charge in [-0.15, -0.1) is 0 Å². The highest BCUT2D eigenvalue weighted by Crippen LogP contribution is 2.46. The average molecular weight is 708 g/mol. The van der Waals surface area contributed by atoms with Crippen molar-refractivity contribution in [2.45, 2.75) is 77.0 Å². The van der Waals surface area contributed by atoms with Crippen LogP contribution in [-0.2, 0) is 20.8 Å². The van der Waals surface area contributed by atoms with Crippen molar-refractivity contribution in [3.63, 3.8) is 0 Å². The first-order chi connectivity index (χ1) is 23.4. The summed E-state index contributed by atoms with van der Waals surface area (Å²) in [5.41, 5.74) is 0.419. The Kier molecular flexibility index (Phi) is 10.3. The third kappa shape index (κ3) is 7.48. The lowest BCUT2D eigenvalue weighted by atomic mass is 9.71. The molecule has 14 heteroatoms. The summed E-state index contributed by atoms with van der Waals surface area (Å²) in [6.07, 6.45) is -9.46. The van der Waals surface area contributed by atoms with Gasteiger partial charge in [0.15, 0.2) is 0 Å². The minimum atomic E-state index is -5.12. The van der Waals surface area contributed by atoms with Crippen LogP contribution in [0.2, 0.25) is 0 Å². The summed E-state index contributed by atoms with van der Waals surface area (Å²) in [4.78, 5) is 33.7. The first kappa shape index (κ1) is 36.8. The standard InChI is InChI=1S/C36H39F6N3O5/c1-19-13-30(44-10-7-11-44)43-28(31(19)27-17-23(8-9-29(27)48-5)24-15-25(16-24)33(46)49-6)18-45-22(4)32(50-34(45)47)20(2)12-26(36(40,41)42)14-21(3)35(37,38)39/h8-9,12-14,17,22,24-25,32H,2,7,10-11,15-16,18H2,1,3-6H3/b21-14+,26-12+/t22-,24-,25-,32+/m0/s1. The number of benzene rings is 1. The van der Waals surface area contributed by atoms with E-state index < -0.39 is 41.7 Å². The van der Waals surface area contributed by atoms with Crippen LogP contribution in [0, 0.1) is 12.8 Å². The van der Waals surface area contributed by atoms with Crippen molar-refractivity contribution in [3.8, 4) is 16.9 Å². The van der Waals surface area contributed by atoms with E-state index >= 15 is 0 Å². The van der Waals surface area contributed by atoms with Crippen LogP contribution in [0.15, 0.2) is 59.7 Å². The molecule has 1 aliphatic carbocycles. The zero-order chi connectivity index (χ0) is 36.7. The minimum absolute atomic E-state index is 0.00531. The second-order valence-electron chi connectivity index (χ2n) is 13.0.